The summed E-state index contributed by atoms with van der Waals surface area (Å²) >= 11 is 0. The molecule has 0 aliphatic heterocycles. The number of aromatic nitrogens is 1. The van der Waals surface area contributed by atoms with Crippen LogP contribution in [0.2, 0.25) is 0 Å². The lowest BCUT2D eigenvalue weighted by molar-refractivity contribution is 0.474. The Morgan fingerprint density at radius 2 is 2.21 bits per heavy atom. The van der Waals surface area contributed by atoms with Gasteiger partial charge in [-0.25, -0.2) is 0 Å². The molecule has 19 heavy (non-hydrogen) atoms. The van der Waals surface area contributed by atoms with E-state index in [4.69, 9.17) is 15.7 Å². The van der Waals surface area contributed by atoms with Gasteiger partial charge >= 0.3 is 0 Å². The Hall–Kier alpha value is -2.80. The fourth-order valence-corrected chi connectivity index (χ4v) is 1.69. The first-order chi connectivity index (χ1) is 9.24. The van der Waals surface area contributed by atoms with Crippen molar-refractivity contribution < 1.29 is 4.74 Å². The Bertz CT molecular complexity index is 644. The van der Waals surface area contributed by atoms with Crippen LogP contribution in [0.4, 0.5) is 5.69 Å². The number of rotatable bonds is 4. The number of hydrogen-bond donors (Lipinski definition) is 1. The minimum atomic E-state index is 0.431. The van der Waals surface area contributed by atoms with Gasteiger partial charge in [0.1, 0.15) is 11.8 Å². The van der Waals surface area contributed by atoms with E-state index in [2.05, 4.69) is 17.6 Å². The third kappa shape index (κ3) is 2.90. The zero-order chi connectivity index (χ0) is 13.7. The summed E-state index contributed by atoms with van der Waals surface area (Å²) < 4.78 is 5.75. The minimum Gasteiger partial charge on any atom is -0.454 e. The van der Waals surface area contributed by atoms with E-state index in [1.165, 1.54) is 6.20 Å². The van der Waals surface area contributed by atoms with Crippen molar-refractivity contribution in [1.82, 2.24) is 4.98 Å². The van der Waals surface area contributed by atoms with Crippen molar-refractivity contribution in [2.45, 2.75) is 6.42 Å². The van der Waals surface area contributed by atoms with E-state index in [-0.39, 0.29) is 0 Å². The fraction of sp³-hybridized carbons (Fsp3) is 0.0667. The number of anilines is 1. The molecule has 2 aromatic rings. The van der Waals surface area contributed by atoms with Crippen LogP contribution in [-0.2, 0) is 6.42 Å². The summed E-state index contributed by atoms with van der Waals surface area (Å²) in [7, 11) is 0. The number of pyridine rings is 1. The molecule has 0 radical (unpaired) electrons. The molecular formula is C15H13N3O. The molecule has 0 aliphatic carbocycles. The van der Waals surface area contributed by atoms with Gasteiger partial charge < -0.3 is 10.5 Å². The predicted molar refractivity (Wildman–Crippen MR) is 73.8 cm³/mol. The largest absolute Gasteiger partial charge is 0.454 e. The van der Waals surface area contributed by atoms with Gasteiger partial charge in [-0.2, -0.15) is 5.26 Å². The second-order valence-electron chi connectivity index (χ2n) is 3.95. The maximum Gasteiger partial charge on any atom is 0.163 e. The highest BCUT2D eigenvalue weighted by Gasteiger charge is 2.08. The first kappa shape index (κ1) is 12.7. The molecule has 0 bridgehead atoms. The molecule has 1 aromatic heterocycles. The Labute approximate surface area is 111 Å². The average Bonchev–Trinajstić information content (AvgIpc) is 2.43. The molecule has 2 rings (SSSR count). The quantitative estimate of drug-likeness (QED) is 0.669. The maximum atomic E-state index is 9.02. The third-order valence-electron chi connectivity index (χ3n) is 2.57. The normalized spacial score (nSPS) is 9.63. The second-order valence-corrected chi connectivity index (χ2v) is 3.95. The van der Waals surface area contributed by atoms with Crippen molar-refractivity contribution in [2.24, 2.45) is 0 Å². The lowest BCUT2D eigenvalue weighted by Crippen LogP contribution is -1.95. The molecule has 0 spiro atoms. The molecule has 0 amide bonds. The van der Waals surface area contributed by atoms with Gasteiger partial charge in [0.2, 0.25) is 0 Å². The lowest BCUT2D eigenvalue weighted by atomic mass is 10.1. The summed E-state index contributed by atoms with van der Waals surface area (Å²) in [6.45, 7) is 3.71. The van der Waals surface area contributed by atoms with E-state index >= 15 is 0 Å². The van der Waals surface area contributed by atoms with Crippen molar-refractivity contribution in [3.05, 3.63) is 60.4 Å². The Kier molecular flexibility index (Phi) is 3.79. The monoisotopic (exact) mass is 251 g/mol. The molecule has 1 heterocycles. The zero-order valence-corrected chi connectivity index (χ0v) is 10.3. The van der Waals surface area contributed by atoms with Crippen LogP contribution in [0.1, 0.15) is 11.1 Å². The van der Waals surface area contributed by atoms with Crippen LogP contribution in [0.5, 0.6) is 11.5 Å². The first-order valence-electron chi connectivity index (χ1n) is 5.76. The van der Waals surface area contributed by atoms with Gasteiger partial charge in [-0.05, 0) is 30.7 Å². The average molecular weight is 251 g/mol. The Morgan fingerprint density at radius 3 is 2.95 bits per heavy atom. The van der Waals surface area contributed by atoms with Crippen LogP contribution in [0.3, 0.4) is 0 Å². The van der Waals surface area contributed by atoms with Gasteiger partial charge in [0.15, 0.2) is 5.75 Å². The highest BCUT2D eigenvalue weighted by atomic mass is 16.5. The van der Waals surface area contributed by atoms with Crippen LogP contribution in [0.25, 0.3) is 0 Å². The van der Waals surface area contributed by atoms with E-state index in [1.54, 1.807) is 30.5 Å². The molecule has 4 nitrogen and oxygen atoms in total. The lowest BCUT2D eigenvalue weighted by Gasteiger charge is -2.11. The molecule has 0 atom stereocenters. The SMILES string of the molecule is C=CCc1cc(N)ccc1Oc1cnccc1C#N. The van der Waals surface area contributed by atoms with Crippen molar-refractivity contribution in [3.63, 3.8) is 0 Å². The van der Waals surface area contributed by atoms with Gasteiger partial charge in [0.05, 0.1) is 11.8 Å². The number of benzene rings is 1. The van der Waals surface area contributed by atoms with E-state index in [9.17, 15) is 0 Å². The molecule has 0 aliphatic rings. The van der Waals surface area contributed by atoms with Crippen LogP contribution < -0.4 is 10.5 Å². The number of nitrogens with two attached hydrogens (primary N) is 1. The van der Waals surface area contributed by atoms with Crippen LogP contribution in [-0.4, -0.2) is 4.98 Å². The first-order valence-corrected chi connectivity index (χ1v) is 5.76. The summed E-state index contributed by atoms with van der Waals surface area (Å²) in [5, 5.41) is 9.02. The van der Waals surface area contributed by atoms with E-state index < -0.39 is 0 Å². The number of nitriles is 1. The summed E-state index contributed by atoms with van der Waals surface area (Å²) in [6, 6.07) is 9.05. The predicted octanol–water partition coefficient (Wildman–Crippen LogP) is 3.06. The second kappa shape index (κ2) is 5.69. The highest BCUT2D eigenvalue weighted by Crippen LogP contribution is 2.29. The van der Waals surface area contributed by atoms with Gasteiger partial charge in [-0.3, -0.25) is 4.98 Å². The summed E-state index contributed by atoms with van der Waals surface area (Å²) in [4.78, 5) is 3.96. The van der Waals surface area contributed by atoms with Crippen molar-refractivity contribution in [3.8, 4) is 17.6 Å². The number of hydrogen-bond acceptors (Lipinski definition) is 4. The van der Waals surface area contributed by atoms with Gasteiger partial charge in [0.25, 0.3) is 0 Å². The van der Waals surface area contributed by atoms with Gasteiger partial charge in [0, 0.05) is 17.4 Å². The van der Waals surface area contributed by atoms with Crippen LogP contribution in [0, 0.1) is 11.3 Å². The highest BCUT2D eigenvalue weighted by molar-refractivity contribution is 5.51. The molecule has 0 saturated carbocycles. The smallest absolute Gasteiger partial charge is 0.163 e. The van der Waals surface area contributed by atoms with E-state index in [1.807, 2.05) is 6.07 Å². The van der Waals surface area contributed by atoms with Crippen molar-refractivity contribution in [1.29, 1.82) is 5.26 Å². The zero-order valence-electron chi connectivity index (χ0n) is 10.3. The number of allylic oxidation sites excluding steroid dienone is 1. The number of ether oxygens (including phenoxy) is 1. The van der Waals surface area contributed by atoms with Crippen LogP contribution >= 0.6 is 0 Å². The Morgan fingerprint density at radius 1 is 1.37 bits per heavy atom. The van der Waals surface area contributed by atoms with Crippen LogP contribution in [0.15, 0.2) is 49.3 Å². The molecule has 1 aromatic carbocycles. The molecule has 0 saturated heterocycles. The maximum absolute atomic E-state index is 9.02. The molecule has 4 heteroatoms. The minimum absolute atomic E-state index is 0.431. The number of nitrogens with zero attached hydrogens (tertiary/aromatic N) is 2. The Balaban J connectivity index is 2.38. The molecule has 2 N–H and O–H groups in total. The van der Waals surface area contributed by atoms with Crippen molar-refractivity contribution in [2.75, 3.05) is 5.73 Å². The summed E-state index contributed by atoms with van der Waals surface area (Å²) in [6.07, 6.45) is 5.49. The molecule has 0 unspecified atom stereocenters. The van der Waals surface area contributed by atoms with Crippen molar-refractivity contribution >= 4 is 5.69 Å². The third-order valence-corrected chi connectivity index (χ3v) is 2.57. The number of nitrogen functional groups attached to an aromatic ring is 1. The fourth-order valence-electron chi connectivity index (χ4n) is 1.69. The summed E-state index contributed by atoms with van der Waals surface area (Å²) in [5.41, 5.74) is 7.78. The topological polar surface area (TPSA) is 71.9 Å². The molecule has 94 valence electrons. The van der Waals surface area contributed by atoms with E-state index in [0.717, 1.165) is 5.56 Å². The molecule has 0 fully saturated rings. The van der Waals surface area contributed by atoms with E-state index in [0.29, 0.717) is 29.2 Å². The summed E-state index contributed by atoms with van der Waals surface area (Å²) in [5.74, 6) is 1.08. The molecular weight excluding hydrogens is 238 g/mol. The standard InChI is InChI=1S/C15H13N3O/c1-2-3-11-8-13(17)4-5-14(11)19-15-10-18-7-6-12(15)9-16/h2,4-8,10H,1,3,17H2. The van der Waals surface area contributed by atoms with Gasteiger partial charge in [-0.1, -0.05) is 6.08 Å². The van der Waals surface area contributed by atoms with Gasteiger partial charge in [-0.15, -0.1) is 6.58 Å².